The molecule has 0 N–H and O–H groups in total. The molecule has 0 unspecified atom stereocenters. The zero-order valence-corrected chi connectivity index (χ0v) is 10.9. The number of hydrogen-bond acceptors (Lipinski definition) is 3. The van der Waals surface area contributed by atoms with Crippen molar-refractivity contribution in [1.82, 2.24) is 4.90 Å². The van der Waals surface area contributed by atoms with Gasteiger partial charge < -0.3 is 4.90 Å². The second-order valence-corrected chi connectivity index (χ2v) is 6.13. The largest absolute Gasteiger partial charge is 0.349 e. The topological polar surface area (TPSA) is 54.5 Å². The summed E-state index contributed by atoms with van der Waals surface area (Å²) in [4.78, 5) is 13.1. The lowest BCUT2D eigenvalue weighted by atomic mass is 10.3. The average Bonchev–Trinajstić information content (AvgIpc) is 2.29. The Bertz CT molecular complexity index is 466. The number of benzene rings is 1. The number of amides is 1. The van der Waals surface area contributed by atoms with Gasteiger partial charge in [-0.1, -0.05) is 18.2 Å². The molecule has 1 aromatic carbocycles. The highest BCUT2D eigenvalue weighted by atomic mass is 32.2. The lowest BCUT2D eigenvalue weighted by Crippen LogP contribution is -2.22. The van der Waals surface area contributed by atoms with Crippen LogP contribution in [-0.4, -0.2) is 39.1 Å². The molecular formula is C12H17NO3S. The van der Waals surface area contributed by atoms with Crippen molar-refractivity contribution in [2.24, 2.45) is 0 Å². The molecule has 0 saturated carbocycles. The number of carbonyl (C=O) groups is 1. The summed E-state index contributed by atoms with van der Waals surface area (Å²) in [6.45, 7) is 0. The summed E-state index contributed by atoms with van der Waals surface area (Å²) in [5.74, 6) is -0.0374. The van der Waals surface area contributed by atoms with Crippen molar-refractivity contribution in [2.45, 2.75) is 17.7 Å². The van der Waals surface area contributed by atoms with E-state index in [9.17, 15) is 13.2 Å². The number of sulfone groups is 1. The standard InChI is InChI=1S/C12H17NO3S/c1-13(2)12(14)9-6-10-17(15,16)11-7-4-3-5-8-11/h3-5,7-8H,6,9-10H2,1-2H3. The van der Waals surface area contributed by atoms with E-state index in [1.165, 1.54) is 4.90 Å². The SMILES string of the molecule is CN(C)C(=O)CCCS(=O)(=O)c1ccccc1. The predicted molar refractivity (Wildman–Crippen MR) is 66.4 cm³/mol. The molecule has 0 spiro atoms. The van der Waals surface area contributed by atoms with Gasteiger partial charge in [-0.15, -0.1) is 0 Å². The van der Waals surface area contributed by atoms with E-state index in [0.717, 1.165) is 0 Å². The highest BCUT2D eigenvalue weighted by molar-refractivity contribution is 7.91. The fraction of sp³-hybridized carbons (Fsp3) is 0.417. The molecule has 1 rings (SSSR count). The van der Waals surface area contributed by atoms with E-state index in [0.29, 0.717) is 11.3 Å². The quantitative estimate of drug-likeness (QED) is 0.797. The van der Waals surface area contributed by atoms with Crippen LogP contribution in [0.1, 0.15) is 12.8 Å². The molecule has 0 radical (unpaired) electrons. The Morgan fingerprint density at radius 3 is 2.29 bits per heavy atom. The van der Waals surface area contributed by atoms with Gasteiger partial charge in [0.15, 0.2) is 9.84 Å². The first-order chi connectivity index (χ1) is 7.93. The minimum Gasteiger partial charge on any atom is -0.349 e. The summed E-state index contributed by atoms with van der Waals surface area (Å²) in [7, 11) is 0.0691. The molecular weight excluding hydrogens is 238 g/mol. The zero-order valence-electron chi connectivity index (χ0n) is 10.1. The van der Waals surface area contributed by atoms with Crippen molar-refractivity contribution in [2.75, 3.05) is 19.8 Å². The van der Waals surface area contributed by atoms with E-state index in [2.05, 4.69) is 0 Å². The molecule has 1 aromatic rings. The molecule has 0 heterocycles. The lowest BCUT2D eigenvalue weighted by Gasteiger charge is -2.09. The van der Waals surface area contributed by atoms with Crippen molar-refractivity contribution < 1.29 is 13.2 Å². The Morgan fingerprint density at radius 1 is 1.18 bits per heavy atom. The predicted octanol–water partition coefficient (Wildman–Crippen LogP) is 1.33. The van der Waals surface area contributed by atoms with Gasteiger partial charge in [0.25, 0.3) is 0 Å². The van der Waals surface area contributed by atoms with Gasteiger partial charge in [-0.3, -0.25) is 4.79 Å². The van der Waals surface area contributed by atoms with Crippen molar-refractivity contribution in [3.8, 4) is 0 Å². The van der Waals surface area contributed by atoms with Gasteiger partial charge in [-0.2, -0.15) is 0 Å². The van der Waals surface area contributed by atoms with Gasteiger partial charge in [0.05, 0.1) is 10.6 Å². The first kappa shape index (κ1) is 13.7. The summed E-state index contributed by atoms with van der Waals surface area (Å²) in [5, 5.41) is 0. The maximum Gasteiger partial charge on any atom is 0.222 e. The summed E-state index contributed by atoms with van der Waals surface area (Å²) < 4.78 is 23.7. The maximum atomic E-state index is 11.9. The molecule has 4 nitrogen and oxygen atoms in total. The first-order valence-corrected chi connectivity index (χ1v) is 7.06. The van der Waals surface area contributed by atoms with E-state index in [-0.39, 0.29) is 18.1 Å². The third-order valence-corrected chi connectivity index (χ3v) is 4.22. The van der Waals surface area contributed by atoms with Crippen LogP contribution in [-0.2, 0) is 14.6 Å². The van der Waals surface area contributed by atoms with Gasteiger partial charge >= 0.3 is 0 Å². The fourth-order valence-electron chi connectivity index (χ4n) is 1.38. The van der Waals surface area contributed by atoms with Gasteiger partial charge in [0.1, 0.15) is 0 Å². The molecule has 0 atom stereocenters. The Balaban J connectivity index is 2.55. The Kier molecular flexibility index (Phi) is 4.69. The molecule has 94 valence electrons. The molecule has 5 heteroatoms. The highest BCUT2D eigenvalue weighted by Crippen LogP contribution is 2.12. The van der Waals surface area contributed by atoms with E-state index in [1.807, 2.05) is 0 Å². The minimum absolute atomic E-state index is 0.0105. The van der Waals surface area contributed by atoms with Crippen LogP contribution in [0.15, 0.2) is 35.2 Å². The Labute approximate surface area is 102 Å². The van der Waals surface area contributed by atoms with Crippen LogP contribution in [0, 0.1) is 0 Å². The molecule has 0 fully saturated rings. The summed E-state index contributed by atoms with van der Waals surface area (Å²) >= 11 is 0. The van der Waals surface area contributed by atoms with Crippen molar-refractivity contribution in [3.05, 3.63) is 30.3 Å². The summed E-state index contributed by atoms with van der Waals surface area (Å²) in [6, 6.07) is 8.30. The number of hydrogen-bond donors (Lipinski definition) is 0. The molecule has 1 amide bonds. The molecule has 0 aliphatic rings. The van der Waals surface area contributed by atoms with Gasteiger partial charge in [-0.25, -0.2) is 8.42 Å². The molecule has 0 saturated heterocycles. The molecule has 0 aliphatic carbocycles. The monoisotopic (exact) mass is 255 g/mol. The lowest BCUT2D eigenvalue weighted by molar-refractivity contribution is -0.128. The number of carbonyl (C=O) groups excluding carboxylic acids is 1. The van der Waals surface area contributed by atoms with Crippen molar-refractivity contribution >= 4 is 15.7 Å². The molecule has 0 aromatic heterocycles. The van der Waals surface area contributed by atoms with E-state index >= 15 is 0 Å². The molecule has 17 heavy (non-hydrogen) atoms. The van der Waals surface area contributed by atoms with Crippen LogP contribution in [0.4, 0.5) is 0 Å². The number of nitrogens with zero attached hydrogens (tertiary/aromatic N) is 1. The molecule has 0 aliphatic heterocycles. The van der Waals surface area contributed by atoms with Gasteiger partial charge in [-0.05, 0) is 18.6 Å². The zero-order chi connectivity index (χ0) is 12.9. The first-order valence-electron chi connectivity index (χ1n) is 5.41. The second kappa shape index (κ2) is 5.82. The minimum atomic E-state index is -3.25. The van der Waals surface area contributed by atoms with Gasteiger partial charge in [0.2, 0.25) is 5.91 Å². The third-order valence-electron chi connectivity index (χ3n) is 2.40. The van der Waals surface area contributed by atoms with Crippen LogP contribution >= 0.6 is 0 Å². The van der Waals surface area contributed by atoms with Crippen molar-refractivity contribution in [3.63, 3.8) is 0 Å². The average molecular weight is 255 g/mol. The van der Waals surface area contributed by atoms with Crippen molar-refractivity contribution in [1.29, 1.82) is 0 Å². The fourth-order valence-corrected chi connectivity index (χ4v) is 2.71. The second-order valence-electron chi connectivity index (χ2n) is 4.02. The number of rotatable bonds is 5. The van der Waals surface area contributed by atoms with Crippen LogP contribution in [0.2, 0.25) is 0 Å². The summed E-state index contributed by atoms with van der Waals surface area (Å²) in [5.41, 5.74) is 0. The normalized spacial score (nSPS) is 11.2. The van der Waals surface area contributed by atoms with E-state index < -0.39 is 9.84 Å². The Hall–Kier alpha value is -1.36. The maximum absolute atomic E-state index is 11.9. The van der Waals surface area contributed by atoms with Gasteiger partial charge in [0, 0.05) is 20.5 Å². The van der Waals surface area contributed by atoms with Crippen LogP contribution in [0.3, 0.4) is 0 Å². The van der Waals surface area contributed by atoms with Crippen LogP contribution < -0.4 is 0 Å². The van der Waals surface area contributed by atoms with E-state index in [1.54, 1.807) is 44.4 Å². The van der Waals surface area contributed by atoms with Crippen LogP contribution in [0.25, 0.3) is 0 Å². The van der Waals surface area contributed by atoms with E-state index in [4.69, 9.17) is 0 Å². The highest BCUT2D eigenvalue weighted by Gasteiger charge is 2.14. The summed E-state index contributed by atoms with van der Waals surface area (Å²) in [6.07, 6.45) is 0.618. The molecule has 0 bridgehead atoms. The smallest absolute Gasteiger partial charge is 0.222 e. The Morgan fingerprint density at radius 2 is 1.76 bits per heavy atom. The third kappa shape index (κ3) is 4.19. The van der Waals surface area contributed by atoms with Crippen LogP contribution in [0.5, 0.6) is 0 Å².